The lowest BCUT2D eigenvalue weighted by Gasteiger charge is -2.07. The van der Waals surface area contributed by atoms with Crippen LogP contribution in [0.25, 0.3) is 0 Å². The maximum Gasteiger partial charge on any atom is 0.305 e. The molecule has 0 fully saturated rings. The van der Waals surface area contributed by atoms with Gasteiger partial charge in [0.1, 0.15) is 5.82 Å². The first kappa shape index (κ1) is 17.5. The Morgan fingerprint density at radius 2 is 1.95 bits per heavy atom. The fraction of sp³-hybridized carbons (Fsp3) is 0.571. The Kier molecular flexibility index (Phi) is 7.78. The van der Waals surface area contributed by atoms with Gasteiger partial charge in [0.25, 0.3) is 0 Å². The number of unbranched alkanes of at least 4 members (excludes halogenated alkanes) is 1. The molecule has 1 aromatic carbocycles. The van der Waals surface area contributed by atoms with Crippen molar-refractivity contribution in [2.45, 2.75) is 32.7 Å². The van der Waals surface area contributed by atoms with Crippen LogP contribution in [0.15, 0.2) is 12.1 Å². The molecule has 1 aromatic rings. The van der Waals surface area contributed by atoms with Gasteiger partial charge in [0.05, 0.1) is 4.92 Å². The van der Waals surface area contributed by atoms with Crippen molar-refractivity contribution in [2.75, 3.05) is 19.8 Å². The number of nitrogens with one attached hydrogen (secondary N) is 1. The summed E-state index contributed by atoms with van der Waals surface area (Å²) in [6.45, 7) is 4.13. The number of rotatable bonds is 10. The Balaban J connectivity index is 2.35. The Morgan fingerprint density at radius 1 is 1.24 bits per heavy atom. The molecule has 0 heterocycles. The smallest absolute Gasteiger partial charge is 0.305 e. The number of halogens is 2. The van der Waals surface area contributed by atoms with E-state index in [-0.39, 0.29) is 12.1 Å². The van der Waals surface area contributed by atoms with Crippen LogP contribution in [0.5, 0.6) is 0 Å². The van der Waals surface area contributed by atoms with Gasteiger partial charge in [-0.1, -0.05) is 13.3 Å². The number of hydrogen-bond donors (Lipinski definition) is 1. The zero-order valence-corrected chi connectivity index (χ0v) is 12.0. The lowest BCUT2D eigenvalue weighted by atomic mass is 10.1. The summed E-state index contributed by atoms with van der Waals surface area (Å²) in [7, 11) is 0. The van der Waals surface area contributed by atoms with E-state index in [9.17, 15) is 18.9 Å². The van der Waals surface area contributed by atoms with Crippen LogP contribution in [-0.2, 0) is 11.3 Å². The molecule has 0 aliphatic rings. The van der Waals surface area contributed by atoms with Gasteiger partial charge >= 0.3 is 5.69 Å². The van der Waals surface area contributed by atoms with Crippen LogP contribution in [0.3, 0.4) is 0 Å². The van der Waals surface area contributed by atoms with Gasteiger partial charge in [0.2, 0.25) is 5.82 Å². The summed E-state index contributed by atoms with van der Waals surface area (Å²) in [4.78, 5) is 9.73. The summed E-state index contributed by atoms with van der Waals surface area (Å²) in [6.07, 6.45) is 2.87. The Labute approximate surface area is 122 Å². The van der Waals surface area contributed by atoms with Crippen LogP contribution >= 0.6 is 0 Å². The molecule has 1 rings (SSSR count). The monoisotopic (exact) mass is 302 g/mol. The fourth-order valence-corrected chi connectivity index (χ4v) is 1.73. The summed E-state index contributed by atoms with van der Waals surface area (Å²) in [5.74, 6) is -1.95. The van der Waals surface area contributed by atoms with Gasteiger partial charge in [-0.25, -0.2) is 4.39 Å². The molecule has 0 amide bonds. The molecular weight excluding hydrogens is 282 g/mol. The first-order valence-electron chi connectivity index (χ1n) is 6.97. The van der Waals surface area contributed by atoms with E-state index in [2.05, 4.69) is 12.2 Å². The van der Waals surface area contributed by atoms with Crippen molar-refractivity contribution in [1.29, 1.82) is 0 Å². The minimum Gasteiger partial charge on any atom is -0.381 e. The van der Waals surface area contributed by atoms with E-state index in [1.807, 2.05) is 0 Å². The molecule has 0 unspecified atom stereocenters. The maximum atomic E-state index is 13.5. The topological polar surface area (TPSA) is 64.4 Å². The Hall–Kier alpha value is -1.60. The van der Waals surface area contributed by atoms with E-state index in [1.54, 1.807) is 0 Å². The third-order valence-electron chi connectivity index (χ3n) is 2.91. The first-order valence-corrected chi connectivity index (χ1v) is 6.97. The average molecular weight is 302 g/mol. The van der Waals surface area contributed by atoms with Crippen molar-refractivity contribution >= 4 is 5.69 Å². The van der Waals surface area contributed by atoms with Crippen LogP contribution in [0.1, 0.15) is 31.7 Å². The van der Waals surface area contributed by atoms with Gasteiger partial charge in [-0.15, -0.1) is 0 Å². The maximum absolute atomic E-state index is 13.5. The second-order valence-corrected chi connectivity index (χ2v) is 4.65. The van der Waals surface area contributed by atoms with Crippen molar-refractivity contribution in [2.24, 2.45) is 0 Å². The third-order valence-corrected chi connectivity index (χ3v) is 2.91. The molecule has 0 saturated heterocycles. The van der Waals surface area contributed by atoms with Crippen LogP contribution in [-0.4, -0.2) is 24.7 Å². The Bertz CT molecular complexity index is 470. The summed E-state index contributed by atoms with van der Waals surface area (Å²) < 4.78 is 32.0. The summed E-state index contributed by atoms with van der Waals surface area (Å²) >= 11 is 0. The van der Waals surface area contributed by atoms with E-state index in [0.717, 1.165) is 31.9 Å². The van der Waals surface area contributed by atoms with Gasteiger partial charge < -0.3 is 10.1 Å². The molecule has 0 spiro atoms. The SMILES string of the molecule is CCCCOCCCNCc1cc([N+](=O)[O-])c(F)cc1F. The molecule has 118 valence electrons. The second-order valence-electron chi connectivity index (χ2n) is 4.65. The van der Waals surface area contributed by atoms with E-state index in [4.69, 9.17) is 4.74 Å². The number of ether oxygens (including phenoxy) is 1. The predicted molar refractivity (Wildman–Crippen MR) is 75.1 cm³/mol. The molecule has 21 heavy (non-hydrogen) atoms. The molecular formula is C14H20F2N2O3. The number of hydrogen-bond acceptors (Lipinski definition) is 4. The van der Waals surface area contributed by atoms with E-state index >= 15 is 0 Å². The molecule has 1 N–H and O–H groups in total. The minimum atomic E-state index is -1.16. The largest absolute Gasteiger partial charge is 0.381 e. The standard InChI is InChI=1S/C14H20F2N2O3/c1-2-3-6-21-7-4-5-17-10-11-8-14(18(19)20)13(16)9-12(11)15/h8-9,17H,2-7,10H2,1H3. The van der Waals surface area contributed by atoms with Crippen molar-refractivity contribution < 1.29 is 18.4 Å². The molecule has 0 aliphatic heterocycles. The number of benzene rings is 1. The van der Waals surface area contributed by atoms with E-state index in [0.29, 0.717) is 19.2 Å². The number of nitro benzene ring substituents is 1. The van der Waals surface area contributed by atoms with Gasteiger partial charge in [-0.3, -0.25) is 10.1 Å². The van der Waals surface area contributed by atoms with Crippen LogP contribution in [0.2, 0.25) is 0 Å². The van der Waals surface area contributed by atoms with Crippen molar-refractivity contribution in [3.63, 3.8) is 0 Å². The van der Waals surface area contributed by atoms with Crippen molar-refractivity contribution in [3.05, 3.63) is 39.4 Å². The highest BCUT2D eigenvalue weighted by Crippen LogP contribution is 2.21. The quantitative estimate of drug-likeness (QED) is 0.409. The molecule has 0 aliphatic carbocycles. The second kappa shape index (κ2) is 9.36. The van der Waals surface area contributed by atoms with Crippen molar-refractivity contribution in [3.8, 4) is 0 Å². The van der Waals surface area contributed by atoms with Crippen LogP contribution in [0, 0.1) is 21.7 Å². The van der Waals surface area contributed by atoms with Gasteiger partial charge in [0.15, 0.2) is 0 Å². The summed E-state index contributed by atoms with van der Waals surface area (Å²) in [5.41, 5.74) is -0.633. The third kappa shape index (κ3) is 6.14. The highest BCUT2D eigenvalue weighted by Gasteiger charge is 2.17. The number of nitrogens with zero attached hydrogens (tertiary/aromatic N) is 1. The fourth-order valence-electron chi connectivity index (χ4n) is 1.73. The predicted octanol–water partition coefficient (Wildman–Crippen LogP) is 3.17. The zero-order chi connectivity index (χ0) is 15.7. The highest BCUT2D eigenvalue weighted by atomic mass is 19.1. The molecule has 0 radical (unpaired) electrons. The van der Waals surface area contributed by atoms with Crippen LogP contribution in [0.4, 0.5) is 14.5 Å². The number of nitro groups is 1. The average Bonchev–Trinajstić information content (AvgIpc) is 2.43. The molecule has 0 bridgehead atoms. The normalized spacial score (nSPS) is 10.8. The first-order chi connectivity index (χ1) is 10.1. The van der Waals surface area contributed by atoms with Crippen LogP contribution < -0.4 is 5.32 Å². The molecule has 5 nitrogen and oxygen atoms in total. The van der Waals surface area contributed by atoms with Gasteiger partial charge in [-0.2, -0.15) is 4.39 Å². The van der Waals surface area contributed by atoms with Gasteiger partial charge in [-0.05, 0) is 19.4 Å². The lowest BCUT2D eigenvalue weighted by molar-refractivity contribution is -0.387. The Morgan fingerprint density at radius 3 is 2.62 bits per heavy atom. The lowest BCUT2D eigenvalue weighted by Crippen LogP contribution is -2.17. The highest BCUT2D eigenvalue weighted by molar-refractivity contribution is 5.37. The molecule has 7 heteroatoms. The summed E-state index contributed by atoms with van der Waals surface area (Å²) in [5, 5.41) is 13.5. The van der Waals surface area contributed by atoms with Crippen molar-refractivity contribution in [1.82, 2.24) is 5.32 Å². The minimum absolute atomic E-state index is 0.0787. The zero-order valence-electron chi connectivity index (χ0n) is 12.0. The van der Waals surface area contributed by atoms with E-state index < -0.39 is 22.2 Å². The van der Waals surface area contributed by atoms with E-state index in [1.165, 1.54) is 0 Å². The molecule has 0 saturated carbocycles. The summed E-state index contributed by atoms with van der Waals surface area (Å²) in [6, 6.07) is 1.47. The van der Waals surface area contributed by atoms with Gasteiger partial charge in [0, 0.05) is 37.5 Å². The molecule has 0 aromatic heterocycles. The molecule has 0 atom stereocenters.